The molecular formula is C17H21N3O3S2. The molecule has 1 aromatic heterocycles. The standard InChI is InChI=1S/C17H21N3O3S2/c1-9(2)8-23-13-7-10(3)5-6-12(13)20(16(22)14(18)21)17-19-15(24)11(4)25-17/h5-7,9,24H,8H2,1-4H3,(H2,18,21). The van der Waals surface area contributed by atoms with E-state index in [1.165, 1.54) is 16.2 Å². The normalized spacial score (nSPS) is 10.8. The van der Waals surface area contributed by atoms with Crippen molar-refractivity contribution in [1.82, 2.24) is 4.98 Å². The van der Waals surface area contributed by atoms with Crippen LogP contribution in [0.5, 0.6) is 5.75 Å². The van der Waals surface area contributed by atoms with Gasteiger partial charge in [0, 0.05) is 4.88 Å². The Hall–Kier alpha value is -2.06. The van der Waals surface area contributed by atoms with Gasteiger partial charge < -0.3 is 10.5 Å². The third kappa shape index (κ3) is 4.52. The number of carbonyl (C=O) groups is 2. The maximum absolute atomic E-state index is 12.5. The second-order valence-corrected chi connectivity index (χ2v) is 7.66. The average molecular weight is 380 g/mol. The zero-order valence-electron chi connectivity index (χ0n) is 14.6. The van der Waals surface area contributed by atoms with Crippen LogP contribution in [0.25, 0.3) is 0 Å². The first kappa shape index (κ1) is 19.3. The van der Waals surface area contributed by atoms with E-state index in [0.29, 0.717) is 34.1 Å². The van der Waals surface area contributed by atoms with E-state index in [-0.39, 0.29) is 0 Å². The van der Waals surface area contributed by atoms with Crippen LogP contribution in [0.3, 0.4) is 0 Å². The van der Waals surface area contributed by atoms with E-state index < -0.39 is 11.8 Å². The van der Waals surface area contributed by atoms with Gasteiger partial charge in [-0.15, -0.1) is 24.0 Å². The summed E-state index contributed by atoms with van der Waals surface area (Å²) in [6.07, 6.45) is 0. The molecule has 134 valence electrons. The summed E-state index contributed by atoms with van der Waals surface area (Å²) in [5.74, 6) is -1.14. The Kier molecular flexibility index (Phi) is 6.07. The molecule has 0 aliphatic carbocycles. The summed E-state index contributed by atoms with van der Waals surface area (Å²) in [6.45, 7) is 8.29. The van der Waals surface area contributed by atoms with Crippen molar-refractivity contribution in [2.75, 3.05) is 11.5 Å². The highest BCUT2D eigenvalue weighted by atomic mass is 32.1. The molecule has 8 heteroatoms. The highest BCUT2D eigenvalue weighted by molar-refractivity contribution is 7.80. The number of nitrogens with zero attached hydrogens (tertiary/aromatic N) is 2. The molecule has 0 atom stereocenters. The minimum absolute atomic E-state index is 0.305. The Morgan fingerprint density at radius 3 is 2.56 bits per heavy atom. The molecule has 0 bridgehead atoms. The maximum atomic E-state index is 12.5. The van der Waals surface area contributed by atoms with Crippen LogP contribution in [0.1, 0.15) is 24.3 Å². The van der Waals surface area contributed by atoms with Crippen molar-refractivity contribution in [3.63, 3.8) is 0 Å². The van der Waals surface area contributed by atoms with Gasteiger partial charge in [-0.2, -0.15) is 0 Å². The number of hydrogen-bond acceptors (Lipinski definition) is 6. The summed E-state index contributed by atoms with van der Waals surface area (Å²) in [7, 11) is 0. The second kappa shape index (κ2) is 7.88. The molecule has 0 radical (unpaired) electrons. The summed E-state index contributed by atoms with van der Waals surface area (Å²) < 4.78 is 5.86. The zero-order chi connectivity index (χ0) is 18.7. The smallest absolute Gasteiger partial charge is 0.322 e. The number of nitrogens with two attached hydrogens (primary N) is 1. The van der Waals surface area contributed by atoms with Crippen molar-refractivity contribution in [2.45, 2.75) is 32.7 Å². The Balaban J connectivity index is 2.57. The molecule has 0 saturated carbocycles. The second-order valence-electron chi connectivity index (χ2n) is 6.06. The van der Waals surface area contributed by atoms with Gasteiger partial charge in [-0.05, 0) is 37.5 Å². The van der Waals surface area contributed by atoms with E-state index in [4.69, 9.17) is 10.5 Å². The van der Waals surface area contributed by atoms with Crippen LogP contribution in [0.15, 0.2) is 23.2 Å². The van der Waals surface area contributed by atoms with Gasteiger partial charge in [0.05, 0.1) is 12.3 Å². The largest absolute Gasteiger partial charge is 0.491 e. The third-order valence-electron chi connectivity index (χ3n) is 3.29. The molecule has 25 heavy (non-hydrogen) atoms. The number of amides is 2. The molecule has 2 N–H and O–H groups in total. The van der Waals surface area contributed by atoms with Gasteiger partial charge in [0.15, 0.2) is 5.13 Å². The lowest BCUT2D eigenvalue weighted by Crippen LogP contribution is -2.37. The van der Waals surface area contributed by atoms with Crippen molar-refractivity contribution in [2.24, 2.45) is 11.7 Å². The summed E-state index contributed by atoms with van der Waals surface area (Å²) in [4.78, 5) is 30.3. The van der Waals surface area contributed by atoms with Crippen molar-refractivity contribution >= 4 is 46.6 Å². The molecule has 2 rings (SSSR count). The van der Waals surface area contributed by atoms with Gasteiger partial charge in [0.25, 0.3) is 0 Å². The molecule has 0 saturated heterocycles. The van der Waals surface area contributed by atoms with Crippen LogP contribution >= 0.6 is 24.0 Å². The number of carbonyl (C=O) groups excluding carboxylic acids is 2. The maximum Gasteiger partial charge on any atom is 0.322 e. The van der Waals surface area contributed by atoms with Crippen LogP contribution in [-0.2, 0) is 9.59 Å². The number of rotatable bonds is 5. The van der Waals surface area contributed by atoms with Crippen molar-refractivity contribution in [3.05, 3.63) is 28.6 Å². The van der Waals surface area contributed by atoms with Crippen molar-refractivity contribution in [3.8, 4) is 5.75 Å². The number of aryl methyl sites for hydroxylation is 2. The fourth-order valence-electron chi connectivity index (χ4n) is 2.06. The molecule has 1 heterocycles. The summed E-state index contributed by atoms with van der Waals surface area (Å²) in [6, 6.07) is 5.38. The van der Waals surface area contributed by atoms with Crippen LogP contribution in [0.4, 0.5) is 10.8 Å². The third-order valence-corrected chi connectivity index (χ3v) is 4.84. The topological polar surface area (TPSA) is 85.5 Å². The number of thiol groups is 1. The Morgan fingerprint density at radius 1 is 1.36 bits per heavy atom. The number of anilines is 2. The van der Waals surface area contributed by atoms with Gasteiger partial charge in [0.2, 0.25) is 0 Å². The van der Waals surface area contributed by atoms with Gasteiger partial charge in [-0.1, -0.05) is 19.9 Å². The molecule has 2 aromatic rings. The summed E-state index contributed by atoms with van der Waals surface area (Å²) >= 11 is 5.52. The molecule has 0 aliphatic rings. The molecule has 0 aliphatic heterocycles. The van der Waals surface area contributed by atoms with Crippen LogP contribution in [0.2, 0.25) is 0 Å². The Morgan fingerprint density at radius 2 is 2.04 bits per heavy atom. The molecule has 0 unspecified atom stereocenters. The van der Waals surface area contributed by atoms with E-state index in [1.54, 1.807) is 6.07 Å². The van der Waals surface area contributed by atoms with E-state index in [0.717, 1.165) is 10.4 Å². The molecule has 6 nitrogen and oxygen atoms in total. The Labute approximate surface area is 156 Å². The lowest BCUT2D eigenvalue weighted by molar-refractivity contribution is -0.135. The molecule has 2 amide bonds. The SMILES string of the molecule is Cc1ccc(N(C(=O)C(N)=O)c2nc(S)c(C)s2)c(OCC(C)C)c1. The molecular weight excluding hydrogens is 358 g/mol. The highest BCUT2D eigenvalue weighted by Crippen LogP contribution is 2.38. The first-order chi connectivity index (χ1) is 11.7. The first-order valence-electron chi connectivity index (χ1n) is 7.74. The van der Waals surface area contributed by atoms with Crippen molar-refractivity contribution in [1.29, 1.82) is 0 Å². The first-order valence-corrected chi connectivity index (χ1v) is 9.00. The van der Waals surface area contributed by atoms with Crippen molar-refractivity contribution < 1.29 is 14.3 Å². The molecule has 0 fully saturated rings. The minimum atomic E-state index is -1.07. The number of hydrogen-bond donors (Lipinski definition) is 2. The minimum Gasteiger partial charge on any atom is -0.491 e. The monoisotopic (exact) mass is 379 g/mol. The van der Waals surface area contributed by atoms with Crippen LogP contribution in [0, 0.1) is 19.8 Å². The lowest BCUT2D eigenvalue weighted by Gasteiger charge is -2.22. The average Bonchev–Trinajstić information content (AvgIpc) is 2.85. The van der Waals surface area contributed by atoms with Crippen LogP contribution < -0.4 is 15.4 Å². The van der Waals surface area contributed by atoms with Gasteiger partial charge in [0.1, 0.15) is 10.8 Å². The van der Waals surface area contributed by atoms with E-state index in [2.05, 4.69) is 17.6 Å². The number of benzene rings is 1. The predicted octanol–water partition coefficient (Wildman–Crippen LogP) is 3.23. The number of ether oxygens (including phenoxy) is 1. The molecule has 1 aromatic carbocycles. The van der Waals surface area contributed by atoms with Crippen LogP contribution in [-0.4, -0.2) is 23.4 Å². The highest BCUT2D eigenvalue weighted by Gasteiger charge is 2.28. The van der Waals surface area contributed by atoms with Gasteiger partial charge >= 0.3 is 11.8 Å². The fourth-order valence-corrected chi connectivity index (χ4v) is 3.18. The summed E-state index contributed by atoms with van der Waals surface area (Å²) in [5.41, 5.74) is 6.64. The predicted molar refractivity (Wildman–Crippen MR) is 102 cm³/mol. The molecule has 0 spiro atoms. The van der Waals surface area contributed by atoms with E-state index in [1.807, 2.05) is 39.8 Å². The summed E-state index contributed by atoms with van der Waals surface area (Å²) in [5, 5.41) is 0.823. The fraction of sp³-hybridized carbons (Fsp3) is 0.353. The van der Waals surface area contributed by atoms with Gasteiger partial charge in [-0.25, -0.2) is 9.88 Å². The van der Waals surface area contributed by atoms with E-state index >= 15 is 0 Å². The quantitative estimate of drug-likeness (QED) is 0.617. The van der Waals surface area contributed by atoms with Gasteiger partial charge in [-0.3, -0.25) is 9.59 Å². The number of aromatic nitrogens is 1. The number of thiazole rings is 1. The lowest BCUT2D eigenvalue weighted by atomic mass is 10.2. The zero-order valence-corrected chi connectivity index (χ0v) is 16.3. The van der Waals surface area contributed by atoms with E-state index in [9.17, 15) is 9.59 Å². The Bertz CT molecular complexity index is 783. The number of primary amides is 1.